The smallest absolute Gasteiger partial charge is 0.251 e. The Morgan fingerprint density at radius 1 is 1.38 bits per heavy atom. The molecule has 1 rings (SSSR count). The van der Waals surface area contributed by atoms with Crippen molar-refractivity contribution in [2.75, 3.05) is 13.2 Å². The second-order valence-electron chi connectivity index (χ2n) is 6.42. The van der Waals surface area contributed by atoms with Crippen LogP contribution >= 0.6 is 0 Å². The van der Waals surface area contributed by atoms with E-state index < -0.39 is 0 Å². The molecule has 1 aromatic rings. The standard InChI is InChI=1S/C18H25NO2/c1-13(18(3,4)5)12-19-17(21)16-10-6-8-15(14(16)2)9-7-11-20/h6,8,10,13,20H,11-12H2,1-5H3,(H,19,21). The van der Waals surface area contributed by atoms with E-state index in [1.807, 2.05) is 19.1 Å². The number of aliphatic hydroxyl groups excluding tert-OH is 1. The molecule has 0 heterocycles. The third-order valence-electron chi connectivity index (χ3n) is 3.93. The zero-order valence-corrected chi connectivity index (χ0v) is 13.6. The molecule has 2 N–H and O–H groups in total. The molecule has 0 fully saturated rings. The lowest BCUT2D eigenvalue weighted by Gasteiger charge is -2.27. The van der Waals surface area contributed by atoms with Gasteiger partial charge >= 0.3 is 0 Å². The Kier molecular flexibility index (Phi) is 5.99. The molecule has 1 unspecified atom stereocenters. The summed E-state index contributed by atoms with van der Waals surface area (Å²) in [6.45, 7) is 11.0. The van der Waals surface area contributed by atoms with Crippen molar-refractivity contribution in [2.24, 2.45) is 11.3 Å². The average Bonchev–Trinajstić information content (AvgIpc) is 2.42. The van der Waals surface area contributed by atoms with Crippen LogP contribution < -0.4 is 5.32 Å². The third kappa shape index (κ3) is 4.91. The van der Waals surface area contributed by atoms with Crippen molar-refractivity contribution >= 4 is 5.91 Å². The summed E-state index contributed by atoms with van der Waals surface area (Å²) in [6.07, 6.45) is 0. The summed E-state index contributed by atoms with van der Waals surface area (Å²) in [7, 11) is 0. The molecular weight excluding hydrogens is 262 g/mol. The first-order valence-electron chi connectivity index (χ1n) is 7.25. The molecule has 0 saturated carbocycles. The molecule has 1 atom stereocenters. The Morgan fingerprint density at radius 3 is 2.62 bits per heavy atom. The van der Waals surface area contributed by atoms with Crippen LogP contribution in [0.15, 0.2) is 18.2 Å². The summed E-state index contributed by atoms with van der Waals surface area (Å²) in [5.74, 6) is 5.80. The van der Waals surface area contributed by atoms with Gasteiger partial charge in [-0.15, -0.1) is 0 Å². The monoisotopic (exact) mass is 287 g/mol. The van der Waals surface area contributed by atoms with Gasteiger partial charge in [-0.2, -0.15) is 0 Å². The molecule has 0 spiro atoms. The maximum atomic E-state index is 12.3. The fraction of sp³-hybridized carbons (Fsp3) is 0.500. The number of carbonyl (C=O) groups excluding carboxylic acids is 1. The number of nitrogens with one attached hydrogen (secondary N) is 1. The average molecular weight is 287 g/mol. The van der Waals surface area contributed by atoms with Crippen LogP contribution in [0.3, 0.4) is 0 Å². The van der Waals surface area contributed by atoms with E-state index in [1.165, 1.54) is 0 Å². The normalized spacial score (nSPS) is 12.3. The van der Waals surface area contributed by atoms with E-state index in [2.05, 4.69) is 44.9 Å². The van der Waals surface area contributed by atoms with Crippen molar-refractivity contribution in [3.63, 3.8) is 0 Å². The predicted molar refractivity (Wildman–Crippen MR) is 86.1 cm³/mol. The zero-order chi connectivity index (χ0) is 16.0. The van der Waals surface area contributed by atoms with Gasteiger partial charge in [-0.1, -0.05) is 45.6 Å². The molecule has 0 aliphatic heterocycles. The number of hydrogen-bond donors (Lipinski definition) is 2. The van der Waals surface area contributed by atoms with Crippen molar-refractivity contribution in [1.82, 2.24) is 5.32 Å². The molecule has 1 amide bonds. The van der Waals surface area contributed by atoms with E-state index in [0.29, 0.717) is 18.0 Å². The third-order valence-corrected chi connectivity index (χ3v) is 3.93. The van der Waals surface area contributed by atoms with E-state index in [9.17, 15) is 4.79 Å². The number of hydrogen-bond acceptors (Lipinski definition) is 2. The second kappa shape index (κ2) is 7.28. The minimum absolute atomic E-state index is 0.0729. The van der Waals surface area contributed by atoms with Crippen molar-refractivity contribution < 1.29 is 9.90 Å². The number of rotatable bonds is 3. The number of aliphatic hydroxyl groups is 1. The molecule has 21 heavy (non-hydrogen) atoms. The molecule has 1 aromatic carbocycles. The first-order chi connectivity index (χ1) is 9.77. The predicted octanol–water partition coefficient (Wildman–Crippen LogP) is 2.75. The van der Waals surface area contributed by atoms with Crippen molar-refractivity contribution in [3.8, 4) is 11.8 Å². The molecule has 114 valence electrons. The summed E-state index contributed by atoms with van der Waals surface area (Å²) >= 11 is 0. The number of benzene rings is 1. The molecule has 0 aliphatic rings. The van der Waals surface area contributed by atoms with Crippen LogP contribution in [-0.4, -0.2) is 24.2 Å². The van der Waals surface area contributed by atoms with Crippen LogP contribution in [0.2, 0.25) is 0 Å². The maximum Gasteiger partial charge on any atom is 0.251 e. The quantitative estimate of drug-likeness (QED) is 0.840. The minimum atomic E-state index is -0.182. The van der Waals surface area contributed by atoms with E-state index in [4.69, 9.17) is 5.11 Å². The maximum absolute atomic E-state index is 12.3. The molecular formula is C18H25NO2. The van der Waals surface area contributed by atoms with E-state index in [1.54, 1.807) is 6.07 Å². The van der Waals surface area contributed by atoms with Gasteiger partial charge in [0.25, 0.3) is 5.91 Å². The van der Waals surface area contributed by atoms with Crippen molar-refractivity contribution in [1.29, 1.82) is 0 Å². The lowest BCUT2D eigenvalue weighted by molar-refractivity contribution is 0.0936. The van der Waals surface area contributed by atoms with Crippen LogP contribution in [0.5, 0.6) is 0 Å². The molecule has 0 aromatic heterocycles. The molecule has 0 saturated heterocycles. The SMILES string of the molecule is Cc1c(C#CCO)cccc1C(=O)NCC(C)C(C)(C)C. The van der Waals surface area contributed by atoms with Gasteiger partial charge in [-0.05, 0) is 36.0 Å². The lowest BCUT2D eigenvalue weighted by Crippen LogP contribution is -2.34. The molecule has 3 nitrogen and oxygen atoms in total. The van der Waals surface area contributed by atoms with Crippen LogP contribution in [0.4, 0.5) is 0 Å². The molecule has 0 aliphatic carbocycles. The fourth-order valence-corrected chi connectivity index (χ4v) is 1.80. The first-order valence-corrected chi connectivity index (χ1v) is 7.25. The van der Waals surface area contributed by atoms with Gasteiger partial charge in [0.2, 0.25) is 0 Å². The Labute approximate surface area is 127 Å². The molecule has 3 heteroatoms. The first kappa shape index (κ1) is 17.3. The van der Waals surface area contributed by atoms with E-state index in [-0.39, 0.29) is 17.9 Å². The van der Waals surface area contributed by atoms with E-state index in [0.717, 1.165) is 11.1 Å². The highest BCUT2D eigenvalue weighted by molar-refractivity contribution is 5.96. The van der Waals surface area contributed by atoms with Gasteiger partial charge in [0.1, 0.15) is 6.61 Å². The van der Waals surface area contributed by atoms with Crippen LogP contribution in [0, 0.1) is 30.1 Å². The lowest BCUT2D eigenvalue weighted by atomic mass is 9.82. The van der Waals surface area contributed by atoms with Gasteiger partial charge in [0, 0.05) is 17.7 Å². The van der Waals surface area contributed by atoms with Crippen LogP contribution in [0.1, 0.15) is 49.2 Å². The van der Waals surface area contributed by atoms with Gasteiger partial charge in [-0.3, -0.25) is 4.79 Å². The molecule has 0 radical (unpaired) electrons. The number of amides is 1. The summed E-state index contributed by atoms with van der Waals surface area (Å²) < 4.78 is 0. The minimum Gasteiger partial charge on any atom is -0.384 e. The Hall–Kier alpha value is -1.79. The van der Waals surface area contributed by atoms with Crippen LogP contribution in [-0.2, 0) is 0 Å². The van der Waals surface area contributed by atoms with E-state index >= 15 is 0 Å². The Balaban J connectivity index is 2.84. The largest absolute Gasteiger partial charge is 0.384 e. The van der Waals surface area contributed by atoms with Gasteiger partial charge in [0.15, 0.2) is 0 Å². The van der Waals surface area contributed by atoms with Crippen molar-refractivity contribution in [3.05, 3.63) is 34.9 Å². The van der Waals surface area contributed by atoms with Gasteiger partial charge in [0.05, 0.1) is 0 Å². The topological polar surface area (TPSA) is 49.3 Å². The summed E-state index contributed by atoms with van der Waals surface area (Å²) in [5.41, 5.74) is 2.43. The van der Waals surface area contributed by atoms with Crippen molar-refractivity contribution in [2.45, 2.75) is 34.6 Å². The summed E-state index contributed by atoms with van der Waals surface area (Å²) in [6, 6.07) is 5.47. The number of carbonyl (C=O) groups is 1. The van der Waals surface area contributed by atoms with Gasteiger partial charge < -0.3 is 10.4 Å². The fourth-order valence-electron chi connectivity index (χ4n) is 1.80. The molecule has 0 bridgehead atoms. The van der Waals surface area contributed by atoms with Gasteiger partial charge in [-0.25, -0.2) is 0 Å². The second-order valence-corrected chi connectivity index (χ2v) is 6.42. The van der Waals surface area contributed by atoms with Crippen LogP contribution in [0.25, 0.3) is 0 Å². The highest BCUT2D eigenvalue weighted by Gasteiger charge is 2.21. The summed E-state index contributed by atoms with van der Waals surface area (Å²) in [5, 5.41) is 11.8. The zero-order valence-electron chi connectivity index (χ0n) is 13.6. The summed E-state index contributed by atoms with van der Waals surface area (Å²) in [4.78, 5) is 12.3. The highest BCUT2D eigenvalue weighted by atomic mass is 16.2. The Bertz CT molecular complexity index is 559. The highest BCUT2D eigenvalue weighted by Crippen LogP contribution is 2.24. The Morgan fingerprint density at radius 2 is 2.05 bits per heavy atom.